The number of hydrogen-bond donors (Lipinski definition) is 2. The average Bonchev–Trinajstić information content (AvgIpc) is 3.31. The molecule has 32 heavy (non-hydrogen) atoms. The second kappa shape index (κ2) is 11.2. The molecule has 2 N–H and O–H groups in total. The summed E-state index contributed by atoms with van der Waals surface area (Å²) in [4.78, 5) is 20.4. The van der Waals surface area contributed by atoms with Gasteiger partial charge in [0.2, 0.25) is 0 Å². The normalized spacial score (nSPS) is 19.3. The first-order valence-corrected chi connectivity index (χ1v) is 12.1. The molecule has 0 amide bonds. The first-order chi connectivity index (χ1) is 15.6. The van der Waals surface area contributed by atoms with Crippen molar-refractivity contribution >= 4 is 28.2 Å². The zero-order valence-corrected chi connectivity index (χ0v) is 19.7. The molecule has 1 unspecified atom stereocenters. The van der Waals surface area contributed by atoms with Crippen molar-refractivity contribution in [3.63, 3.8) is 0 Å². The van der Waals surface area contributed by atoms with Crippen molar-refractivity contribution in [1.82, 2.24) is 20.1 Å². The van der Waals surface area contributed by atoms with Crippen LogP contribution in [-0.2, 0) is 16.0 Å². The van der Waals surface area contributed by atoms with Gasteiger partial charge in [-0.1, -0.05) is 18.2 Å². The fourth-order valence-electron chi connectivity index (χ4n) is 4.44. The van der Waals surface area contributed by atoms with Crippen LogP contribution in [0, 0.1) is 6.92 Å². The summed E-state index contributed by atoms with van der Waals surface area (Å²) in [6, 6.07) is 8.06. The molecule has 4 rings (SSSR count). The van der Waals surface area contributed by atoms with Gasteiger partial charge in [0.05, 0.1) is 31.4 Å². The lowest BCUT2D eigenvalue weighted by Gasteiger charge is -2.29. The van der Waals surface area contributed by atoms with E-state index in [1.165, 1.54) is 0 Å². The number of ether oxygens (including phenoxy) is 2. The van der Waals surface area contributed by atoms with Crippen LogP contribution >= 0.6 is 12.2 Å². The van der Waals surface area contributed by atoms with Crippen LogP contribution in [-0.4, -0.2) is 78.5 Å². The van der Waals surface area contributed by atoms with Crippen LogP contribution in [0.15, 0.2) is 29.1 Å². The number of H-pyrrole nitrogens is 1. The van der Waals surface area contributed by atoms with Gasteiger partial charge < -0.3 is 24.7 Å². The zero-order valence-electron chi connectivity index (χ0n) is 18.9. The molecular weight excluding hydrogens is 424 g/mol. The number of benzene rings is 1. The van der Waals surface area contributed by atoms with Gasteiger partial charge in [-0.05, 0) is 62.0 Å². The molecule has 1 aromatic carbocycles. The Morgan fingerprint density at radius 2 is 2.16 bits per heavy atom. The van der Waals surface area contributed by atoms with E-state index in [9.17, 15) is 4.79 Å². The molecule has 2 aliphatic rings. The van der Waals surface area contributed by atoms with Crippen LogP contribution in [0.1, 0.15) is 30.4 Å². The van der Waals surface area contributed by atoms with E-state index in [0.29, 0.717) is 18.2 Å². The van der Waals surface area contributed by atoms with Gasteiger partial charge in [-0.3, -0.25) is 9.69 Å². The van der Waals surface area contributed by atoms with Gasteiger partial charge in [-0.2, -0.15) is 0 Å². The number of thiocarbonyl (C=S) groups is 1. The zero-order chi connectivity index (χ0) is 22.3. The standard InChI is InChI=1S/C24H34N4O3S/c1-18-5-2-6-19-15-20(23(29)26-22(18)19)16-28(17-21-7-3-12-31-21)24(32)25-8-4-9-27-10-13-30-14-11-27/h2,5-6,15,21H,3-4,7-14,16-17H2,1H3,(H,25,32)(H,26,29). The van der Waals surface area contributed by atoms with Crippen molar-refractivity contribution in [2.75, 3.05) is 52.5 Å². The number of fused-ring (bicyclic) bond motifs is 1. The number of aromatic amines is 1. The quantitative estimate of drug-likeness (QED) is 0.465. The van der Waals surface area contributed by atoms with Gasteiger partial charge in [0, 0.05) is 38.3 Å². The van der Waals surface area contributed by atoms with E-state index in [0.717, 1.165) is 87.3 Å². The maximum Gasteiger partial charge on any atom is 0.253 e. The van der Waals surface area contributed by atoms with Gasteiger partial charge >= 0.3 is 0 Å². The summed E-state index contributed by atoms with van der Waals surface area (Å²) in [5, 5.41) is 5.14. The maximum absolute atomic E-state index is 12.8. The molecule has 0 saturated carbocycles. The van der Waals surface area contributed by atoms with Crippen LogP contribution in [0.3, 0.4) is 0 Å². The molecular formula is C24H34N4O3S. The Labute approximate surface area is 195 Å². The molecule has 8 heteroatoms. The third-order valence-corrected chi connectivity index (χ3v) is 6.69. The van der Waals surface area contributed by atoms with Crippen molar-refractivity contribution in [1.29, 1.82) is 0 Å². The number of pyridine rings is 1. The monoisotopic (exact) mass is 458 g/mol. The van der Waals surface area contributed by atoms with E-state index in [2.05, 4.69) is 20.1 Å². The fourth-order valence-corrected chi connectivity index (χ4v) is 4.68. The van der Waals surface area contributed by atoms with Crippen LogP contribution < -0.4 is 10.9 Å². The molecule has 7 nitrogen and oxygen atoms in total. The first kappa shape index (κ1) is 23.2. The van der Waals surface area contributed by atoms with Crippen molar-refractivity contribution in [2.24, 2.45) is 0 Å². The number of aryl methyl sites for hydroxylation is 1. The molecule has 1 aromatic heterocycles. The van der Waals surface area contributed by atoms with Crippen molar-refractivity contribution in [3.8, 4) is 0 Å². The average molecular weight is 459 g/mol. The number of morpholine rings is 1. The highest BCUT2D eigenvalue weighted by Crippen LogP contribution is 2.18. The lowest BCUT2D eigenvalue weighted by molar-refractivity contribution is 0.0375. The molecule has 0 spiro atoms. The van der Waals surface area contributed by atoms with E-state index < -0.39 is 0 Å². The predicted molar refractivity (Wildman–Crippen MR) is 131 cm³/mol. The highest BCUT2D eigenvalue weighted by atomic mass is 32.1. The van der Waals surface area contributed by atoms with Crippen LogP contribution in [0.2, 0.25) is 0 Å². The first-order valence-electron chi connectivity index (χ1n) is 11.7. The number of para-hydroxylation sites is 1. The smallest absolute Gasteiger partial charge is 0.253 e. The SMILES string of the molecule is Cc1cccc2cc(CN(CC3CCCO3)C(=S)NCCCN3CCOCC3)c(=O)[nH]c12. The Bertz CT molecular complexity index is 967. The number of nitrogens with one attached hydrogen (secondary N) is 2. The molecule has 0 bridgehead atoms. The molecule has 2 aromatic rings. The van der Waals surface area contributed by atoms with Crippen LogP contribution in [0.5, 0.6) is 0 Å². The number of rotatable bonds is 8. The Kier molecular flexibility index (Phi) is 8.13. The Morgan fingerprint density at radius 1 is 1.31 bits per heavy atom. The molecule has 2 aliphatic heterocycles. The minimum absolute atomic E-state index is 0.0562. The largest absolute Gasteiger partial charge is 0.379 e. The summed E-state index contributed by atoms with van der Waals surface area (Å²) < 4.78 is 11.3. The summed E-state index contributed by atoms with van der Waals surface area (Å²) in [5.74, 6) is 0. The Morgan fingerprint density at radius 3 is 2.94 bits per heavy atom. The van der Waals surface area contributed by atoms with Crippen LogP contribution in [0.4, 0.5) is 0 Å². The molecule has 2 saturated heterocycles. The lowest BCUT2D eigenvalue weighted by Crippen LogP contribution is -2.45. The molecule has 0 aliphatic carbocycles. The third-order valence-electron chi connectivity index (χ3n) is 6.29. The summed E-state index contributed by atoms with van der Waals surface area (Å²) in [5.41, 5.74) is 2.63. The number of aromatic nitrogens is 1. The maximum atomic E-state index is 12.8. The second-order valence-electron chi connectivity index (χ2n) is 8.72. The highest BCUT2D eigenvalue weighted by Gasteiger charge is 2.22. The highest BCUT2D eigenvalue weighted by molar-refractivity contribution is 7.80. The molecule has 2 fully saturated rings. The fraction of sp³-hybridized carbons (Fsp3) is 0.583. The Balaban J connectivity index is 1.40. The molecule has 174 valence electrons. The van der Waals surface area contributed by atoms with Gasteiger partial charge in [0.15, 0.2) is 5.11 Å². The minimum Gasteiger partial charge on any atom is -0.379 e. The number of nitrogens with zero attached hydrogens (tertiary/aromatic N) is 2. The van der Waals surface area contributed by atoms with E-state index in [4.69, 9.17) is 21.7 Å². The molecule has 1 atom stereocenters. The topological polar surface area (TPSA) is 69.8 Å². The van der Waals surface area contributed by atoms with Crippen molar-refractivity contribution < 1.29 is 9.47 Å². The second-order valence-corrected chi connectivity index (χ2v) is 9.10. The lowest BCUT2D eigenvalue weighted by atomic mass is 10.1. The van der Waals surface area contributed by atoms with Gasteiger partial charge in [0.1, 0.15) is 0 Å². The van der Waals surface area contributed by atoms with E-state index >= 15 is 0 Å². The van der Waals surface area contributed by atoms with E-state index in [-0.39, 0.29) is 11.7 Å². The number of hydrogen-bond acceptors (Lipinski definition) is 5. The van der Waals surface area contributed by atoms with Gasteiger partial charge in [-0.25, -0.2) is 0 Å². The Hall–Kier alpha value is -2.00. The predicted octanol–water partition coefficient (Wildman–Crippen LogP) is 2.41. The van der Waals surface area contributed by atoms with Gasteiger partial charge in [0.25, 0.3) is 5.56 Å². The van der Waals surface area contributed by atoms with Crippen LogP contribution in [0.25, 0.3) is 10.9 Å². The van der Waals surface area contributed by atoms with Crippen molar-refractivity contribution in [2.45, 2.75) is 38.8 Å². The van der Waals surface area contributed by atoms with E-state index in [1.807, 2.05) is 31.2 Å². The van der Waals surface area contributed by atoms with Gasteiger partial charge in [-0.15, -0.1) is 0 Å². The summed E-state index contributed by atoms with van der Waals surface area (Å²) in [7, 11) is 0. The summed E-state index contributed by atoms with van der Waals surface area (Å²) in [6.07, 6.45) is 3.28. The third kappa shape index (κ3) is 6.07. The molecule has 3 heterocycles. The van der Waals surface area contributed by atoms with Crippen molar-refractivity contribution in [3.05, 3.63) is 45.7 Å². The summed E-state index contributed by atoms with van der Waals surface area (Å²) in [6.45, 7) is 9.46. The minimum atomic E-state index is -0.0562. The molecule has 0 radical (unpaired) electrons. The summed E-state index contributed by atoms with van der Waals surface area (Å²) >= 11 is 5.75. The van der Waals surface area contributed by atoms with E-state index in [1.54, 1.807) is 0 Å².